The molecule has 0 unspecified atom stereocenters. The Morgan fingerprint density at radius 1 is 1.05 bits per heavy atom. The van der Waals surface area contributed by atoms with Gasteiger partial charge in [0.1, 0.15) is 22.9 Å². The van der Waals surface area contributed by atoms with Gasteiger partial charge in [-0.1, -0.05) is 36.4 Å². The van der Waals surface area contributed by atoms with Crippen LogP contribution >= 0.6 is 0 Å². The lowest BCUT2D eigenvalue weighted by Crippen LogP contribution is -2.42. The number of aromatic nitrogens is 4. The number of nitrogen functional groups attached to an aromatic ring is 1. The van der Waals surface area contributed by atoms with Crippen LogP contribution < -0.4 is 11.1 Å². The molecule has 206 valence electrons. The lowest BCUT2D eigenvalue weighted by molar-refractivity contribution is 0.0372. The molecule has 7 rings (SSSR count). The van der Waals surface area contributed by atoms with Crippen LogP contribution in [-0.2, 0) is 4.74 Å². The number of ether oxygens (including phenoxy) is 1. The fourth-order valence-corrected chi connectivity index (χ4v) is 6.23. The minimum absolute atomic E-state index is 0.398. The summed E-state index contributed by atoms with van der Waals surface area (Å²) in [7, 11) is 0. The van der Waals surface area contributed by atoms with Crippen LogP contribution in [-0.4, -0.2) is 69.7 Å². The summed E-state index contributed by atoms with van der Waals surface area (Å²) in [5.41, 5.74) is 12.4. The summed E-state index contributed by atoms with van der Waals surface area (Å²) in [6.45, 7) is 6.04. The second-order valence-corrected chi connectivity index (χ2v) is 11.2. The maximum atomic E-state index is 6.44. The average Bonchev–Trinajstić information content (AvgIpc) is 3.37. The Morgan fingerprint density at radius 2 is 1.93 bits per heavy atom. The first-order valence-corrected chi connectivity index (χ1v) is 14.7. The minimum Gasteiger partial charge on any atom is -0.382 e. The summed E-state index contributed by atoms with van der Waals surface area (Å²) in [6, 6.07) is 11.2. The lowest BCUT2D eigenvalue weighted by Gasteiger charge is -2.35. The smallest absolute Gasteiger partial charge is 0.150 e. The normalized spacial score (nSPS) is 21.6. The number of fused-ring (bicyclic) bond motifs is 2. The van der Waals surface area contributed by atoms with E-state index in [0.29, 0.717) is 17.8 Å². The SMILES string of the molecule is Nc1nccn2c1c(-c1ccc3ccc(C4=CCCC=C4)nc3c1)nc2[C@H]1C[C@@H](NCCCN2CCOCC2)C1. The highest BCUT2D eigenvalue weighted by molar-refractivity contribution is 5.91. The van der Waals surface area contributed by atoms with Crippen LogP contribution in [0.4, 0.5) is 5.82 Å². The van der Waals surface area contributed by atoms with Gasteiger partial charge in [0.15, 0.2) is 0 Å². The summed E-state index contributed by atoms with van der Waals surface area (Å²) in [4.78, 5) is 17.1. The zero-order valence-corrected chi connectivity index (χ0v) is 22.9. The van der Waals surface area contributed by atoms with Gasteiger partial charge in [-0.15, -0.1) is 0 Å². The third kappa shape index (κ3) is 5.03. The Bertz CT molecular complexity index is 1580. The largest absolute Gasteiger partial charge is 0.382 e. The molecule has 0 amide bonds. The number of benzene rings is 1. The second kappa shape index (κ2) is 11.1. The molecule has 2 fully saturated rings. The molecule has 1 aliphatic heterocycles. The number of hydrogen-bond donors (Lipinski definition) is 2. The van der Waals surface area contributed by atoms with E-state index in [4.69, 9.17) is 20.4 Å². The number of imidazole rings is 1. The van der Waals surface area contributed by atoms with Crippen LogP contribution in [0.25, 0.3) is 33.3 Å². The molecule has 2 aliphatic carbocycles. The molecule has 8 heteroatoms. The van der Waals surface area contributed by atoms with Gasteiger partial charge in [0.25, 0.3) is 0 Å². The van der Waals surface area contributed by atoms with Gasteiger partial charge in [-0.05, 0) is 62.9 Å². The van der Waals surface area contributed by atoms with E-state index in [0.717, 1.165) is 104 Å². The summed E-state index contributed by atoms with van der Waals surface area (Å²) < 4.78 is 7.61. The van der Waals surface area contributed by atoms with Crippen molar-refractivity contribution in [2.24, 2.45) is 0 Å². The first-order chi connectivity index (χ1) is 19.7. The molecule has 0 radical (unpaired) electrons. The fraction of sp³-hybridized carbons (Fsp3) is 0.406. The summed E-state index contributed by atoms with van der Waals surface area (Å²) >= 11 is 0. The highest BCUT2D eigenvalue weighted by Crippen LogP contribution is 2.40. The molecule has 3 aromatic heterocycles. The van der Waals surface area contributed by atoms with Crippen molar-refractivity contribution < 1.29 is 4.74 Å². The van der Waals surface area contributed by atoms with E-state index in [1.807, 2.05) is 6.20 Å². The average molecular weight is 536 g/mol. The van der Waals surface area contributed by atoms with Crippen molar-refractivity contribution in [3.05, 3.63) is 72.5 Å². The number of allylic oxidation sites excluding steroid dienone is 4. The molecule has 3 aliphatic rings. The quantitative estimate of drug-likeness (QED) is 0.313. The predicted octanol–water partition coefficient (Wildman–Crippen LogP) is 4.82. The Morgan fingerprint density at radius 3 is 2.77 bits per heavy atom. The van der Waals surface area contributed by atoms with Crippen molar-refractivity contribution in [2.75, 3.05) is 45.1 Å². The molecule has 1 saturated heterocycles. The van der Waals surface area contributed by atoms with E-state index in [1.165, 1.54) is 12.0 Å². The number of anilines is 1. The third-order valence-electron chi connectivity index (χ3n) is 8.56. The number of hydrogen-bond acceptors (Lipinski definition) is 7. The highest BCUT2D eigenvalue weighted by Gasteiger charge is 2.34. The predicted molar refractivity (Wildman–Crippen MR) is 160 cm³/mol. The third-order valence-corrected chi connectivity index (χ3v) is 8.56. The van der Waals surface area contributed by atoms with Crippen LogP contribution in [0.3, 0.4) is 0 Å². The van der Waals surface area contributed by atoms with Crippen molar-refractivity contribution in [3.63, 3.8) is 0 Å². The van der Waals surface area contributed by atoms with Crippen molar-refractivity contribution in [1.82, 2.24) is 29.6 Å². The number of nitrogens with one attached hydrogen (secondary N) is 1. The first-order valence-electron chi connectivity index (χ1n) is 14.7. The minimum atomic E-state index is 0.398. The Labute approximate surface area is 235 Å². The molecule has 40 heavy (non-hydrogen) atoms. The Hall–Kier alpha value is -3.59. The summed E-state index contributed by atoms with van der Waals surface area (Å²) in [5.74, 6) is 1.98. The van der Waals surface area contributed by atoms with Gasteiger partial charge in [-0.2, -0.15) is 0 Å². The van der Waals surface area contributed by atoms with Crippen LogP contribution in [0.5, 0.6) is 0 Å². The molecule has 3 N–H and O–H groups in total. The van der Waals surface area contributed by atoms with E-state index in [9.17, 15) is 0 Å². The van der Waals surface area contributed by atoms with Gasteiger partial charge >= 0.3 is 0 Å². The molecule has 0 atom stereocenters. The molecule has 0 bridgehead atoms. The number of nitrogens with two attached hydrogens (primary N) is 1. The standard InChI is InChI=1S/C32H37N7O/c33-31-30-29(24-8-7-23-9-10-27(36-28(23)21-24)22-5-2-1-3-6-22)37-32(39(30)14-12-35-31)25-19-26(20-25)34-11-4-13-38-15-17-40-18-16-38/h2,5-10,12,14,21,25-26,34H,1,3-4,11,13,15-20H2,(H2,33,35)/t25-,26+. The molecule has 4 heterocycles. The Balaban J connectivity index is 1.10. The molecule has 0 spiro atoms. The van der Waals surface area contributed by atoms with Gasteiger partial charge < -0.3 is 15.8 Å². The molecule has 8 nitrogen and oxygen atoms in total. The lowest BCUT2D eigenvalue weighted by atomic mass is 9.79. The van der Waals surface area contributed by atoms with E-state index >= 15 is 0 Å². The topological polar surface area (TPSA) is 93.6 Å². The zero-order chi connectivity index (χ0) is 26.9. The summed E-state index contributed by atoms with van der Waals surface area (Å²) in [5, 5.41) is 4.87. The fourth-order valence-electron chi connectivity index (χ4n) is 6.23. The molecular weight excluding hydrogens is 498 g/mol. The van der Waals surface area contributed by atoms with E-state index in [1.54, 1.807) is 6.20 Å². The van der Waals surface area contributed by atoms with Crippen LogP contribution in [0.1, 0.15) is 49.5 Å². The van der Waals surface area contributed by atoms with Crippen molar-refractivity contribution in [2.45, 2.75) is 44.1 Å². The molecule has 4 aromatic rings. The van der Waals surface area contributed by atoms with Gasteiger partial charge in [0.05, 0.1) is 24.4 Å². The van der Waals surface area contributed by atoms with Gasteiger partial charge in [-0.25, -0.2) is 15.0 Å². The number of morpholine rings is 1. The van der Waals surface area contributed by atoms with E-state index in [-0.39, 0.29) is 0 Å². The van der Waals surface area contributed by atoms with Crippen LogP contribution in [0.15, 0.2) is 61.0 Å². The van der Waals surface area contributed by atoms with Gasteiger partial charge in [-0.3, -0.25) is 9.30 Å². The molecule has 1 saturated carbocycles. The van der Waals surface area contributed by atoms with Crippen molar-refractivity contribution in [3.8, 4) is 11.3 Å². The maximum Gasteiger partial charge on any atom is 0.150 e. The summed E-state index contributed by atoms with van der Waals surface area (Å²) in [6.07, 6.45) is 15.9. The van der Waals surface area contributed by atoms with Crippen LogP contribution in [0, 0.1) is 0 Å². The zero-order valence-electron chi connectivity index (χ0n) is 22.9. The van der Waals surface area contributed by atoms with E-state index in [2.05, 4.69) is 68.2 Å². The molecule has 1 aromatic carbocycles. The van der Waals surface area contributed by atoms with Crippen LogP contribution in [0.2, 0.25) is 0 Å². The monoisotopic (exact) mass is 535 g/mol. The number of nitrogens with zero attached hydrogens (tertiary/aromatic N) is 5. The molecular formula is C32H37N7O. The van der Waals surface area contributed by atoms with Crippen molar-refractivity contribution >= 4 is 27.8 Å². The number of pyridine rings is 1. The van der Waals surface area contributed by atoms with Gasteiger partial charge in [0.2, 0.25) is 0 Å². The van der Waals surface area contributed by atoms with Gasteiger partial charge in [0, 0.05) is 48.4 Å². The Kier molecular flexibility index (Phi) is 7.05. The second-order valence-electron chi connectivity index (χ2n) is 11.2. The first kappa shape index (κ1) is 25.4. The highest BCUT2D eigenvalue weighted by atomic mass is 16.5. The van der Waals surface area contributed by atoms with E-state index < -0.39 is 0 Å². The van der Waals surface area contributed by atoms with Crippen molar-refractivity contribution in [1.29, 1.82) is 0 Å². The number of rotatable bonds is 8. The maximum absolute atomic E-state index is 6.44.